The summed E-state index contributed by atoms with van der Waals surface area (Å²) < 4.78 is 31.6. The Morgan fingerprint density at radius 2 is 1.69 bits per heavy atom. The SMILES string of the molecule is COc1ccc(Cl)cc1NC(=O)C1CC1C(=O)Nc1ccc(F)cc1F. The molecule has 2 atom stereocenters. The van der Waals surface area contributed by atoms with Gasteiger partial charge in [-0.1, -0.05) is 11.6 Å². The second kappa shape index (κ2) is 7.29. The Morgan fingerprint density at radius 3 is 2.31 bits per heavy atom. The van der Waals surface area contributed by atoms with Gasteiger partial charge in [-0.2, -0.15) is 0 Å². The van der Waals surface area contributed by atoms with E-state index in [9.17, 15) is 18.4 Å². The molecule has 0 aromatic heterocycles. The Balaban J connectivity index is 1.62. The first kappa shape index (κ1) is 18.1. The van der Waals surface area contributed by atoms with Crippen molar-refractivity contribution in [2.45, 2.75) is 6.42 Å². The monoisotopic (exact) mass is 380 g/mol. The molecule has 5 nitrogen and oxygen atoms in total. The molecule has 1 saturated carbocycles. The van der Waals surface area contributed by atoms with Gasteiger partial charge in [0.2, 0.25) is 11.8 Å². The Hall–Kier alpha value is -2.67. The van der Waals surface area contributed by atoms with E-state index in [4.69, 9.17) is 16.3 Å². The average Bonchev–Trinajstić information content (AvgIpc) is 3.38. The number of methoxy groups -OCH3 is 1. The Morgan fingerprint density at radius 1 is 1.04 bits per heavy atom. The van der Waals surface area contributed by atoms with Crippen molar-refractivity contribution in [1.29, 1.82) is 0 Å². The van der Waals surface area contributed by atoms with Crippen LogP contribution in [0, 0.1) is 23.5 Å². The van der Waals surface area contributed by atoms with Crippen molar-refractivity contribution >= 4 is 34.8 Å². The number of carbonyl (C=O) groups is 2. The maximum Gasteiger partial charge on any atom is 0.228 e. The number of nitrogens with one attached hydrogen (secondary N) is 2. The number of halogens is 3. The quantitative estimate of drug-likeness (QED) is 0.828. The van der Waals surface area contributed by atoms with Crippen LogP contribution in [0.1, 0.15) is 6.42 Å². The van der Waals surface area contributed by atoms with E-state index in [1.165, 1.54) is 7.11 Å². The normalized spacial score (nSPS) is 18.2. The Labute approximate surface area is 153 Å². The summed E-state index contributed by atoms with van der Waals surface area (Å²) in [6, 6.07) is 7.65. The lowest BCUT2D eigenvalue weighted by molar-refractivity contribution is -0.122. The average molecular weight is 381 g/mol. The lowest BCUT2D eigenvalue weighted by Crippen LogP contribution is -2.21. The van der Waals surface area contributed by atoms with Gasteiger partial charge in [0.1, 0.15) is 17.4 Å². The molecule has 2 unspecified atom stereocenters. The van der Waals surface area contributed by atoms with E-state index >= 15 is 0 Å². The Bertz CT molecular complexity index is 876. The Kier molecular flexibility index (Phi) is 5.08. The van der Waals surface area contributed by atoms with E-state index in [1.807, 2.05) is 0 Å². The first-order valence-corrected chi connectivity index (χ1v) is 8.17. The van der Waals surface area contributed by atoms with Crippen LogP contribution >= 0.6 is 11.6 Å². The van der Waals surface area contributed by atoms with Crippen LogP contribution < -0.4 is 15.4 Å². The van der Waals surface area contributed by atoms with Crippen molar-refractivity contribution < 1.29 is 23.1 Å². The molecule has 1 aliphatic carbocycles. The van der Waals surface area contributed by atoms with Crippen molar-refractivity contribution in [2.24, 2.45) is 11.8 Å². The third-order valence-electron chi connectivity index (χ3n) is 4.07. The zero-order valence-corrected chi connectivity index (χ0v) is 14.4. The van der Waals surface area contributed by atoms with Crippen molar-refractivity contribution in [2.75, 3.05) is 17.7 Å². The molecular weight excluding hydrogens is 366 g/mol. The molecule has 2 aromatic carbocycles. The van der Waals surface area contributed by atoms with Crippen molar-refractivity contribution in [3.05, 3.63) is 53.1 Å². The number of rotatable bonds is 5. The zero-order valence-electron chi connectivity index (χ0n) is 13.7. The largest absolute Gasteiger partial charge is 0.495 e. The van der Waals surface area contributed by atoms with Gasteiger partial charge in [0.25, 0.3) is 0 Å². The van der Waals surface area contributed by atoms with Gasteiger partial charge in [0.05, 0.1) is 30.3 Å². The molecule has 0 spiro atoms. The lowest BCUT2D eigenvalue weighted by atomic mass is 10.2. The molecule has 2 amide bonds. The second-order valence-corrected chi connectivity index (χ2v) is 6.33. The van der Waals surface area contributed by atoms with E-state index in [0.717, 1.165) is 12.1 Å². The molecule has 3 rings (SSSR count). The van der Waals surface area contributed by atoms with Gasteiger partial charge in [-0.3, -0.25) is 9.59 Å². The highest BCUT2D eigenvalue weighted by Gasteiger charge is 2.48. The minimum Gasteiger partial charge on any atom is -0.495 e. The van der Waals surface area contributed by atoms with Crippen molar-refractivity contribution in [1.82, 2.24) is 0 Å². The number of ether oxygens (including phenoxy) is 1. The minimum atomic E-state index is -0.872. The first-order chi connectivity index (χ1) is 12.4. The van der Waals surface area contributed by atoms with Crippen LogP contribution in [-0.2, 0) is 9.59 Å². The van der Waals surface area contributed by atoms with Crippen LogP contribution in [0.25, 0.3) is 0 Å². The fourth-order valence-corrected chi connectivity index (χ4v) is 2.77. The fraction of sp³-hybridized carbons (Fsp3) is 0.222. The van der Waals surface area contributed by atoms with E-state index in [2.05, 4.69) is 10.6 Å². The van der Waals surface area contributed by atoms with Crippen LogP contribution in [0.4, 0.5) is 20.2 Å². The maximum absolute atomic E-state index is 13.6. The van der Waals surface area contributed by atoms with Crippen molar-refractivity contribution in [3.63, 3.8) is 0 Å². The van der Waals surface area contributed by atoms with Crippen LogP contribution in [-0.4, -0.2) is 18.9 Å². The molecule has 0 radical (unpaired) electrons. The van der Waals surface area contributed by atoms with Gasteiger partial charge in [-0.05, 0) is 36.8 Å². The highest BCUT2D eigenvalue weighted by Crippen LogP contribution is 2.41. The summed E-state index contributed by atoms with van der Waals surface area (Å²) >= 11 is 5.91. The van der Waals surface area contributed by atoms with E-state index in [1.54, 1.807) is 18.2 Å². The van der Waals surface area contributed by atoms with E-state index < -0.39 is 29.4 Å². The summed E-state index contributed by atoms with van der Waals surface area (Å²) in [4.78, 5) is 24.5. The molecule has 0 heterocycles. The lowest BCUT2D eigenvalue weighted by Gasteiger charge is -2.10. The standard InChI is InChI=1S/C18H15ClF2N2O3/c1-26-16-5-2-9(19)6-15(16)23-18(25)12-8-11(12)17(24)22-14-4-3-10(20)7-13(14)21/h2-7,11-12H,8H2,1H3,(H,22,24)(H,23,25). The van der Waals surface area contributed by atoms with E-state index in [-0.39, 0.29) is 11.6 Å². The van der Waals surface area contributed by atoms with Crippen LogP contribution in [0.15, 0.2) is 36.4 Å². The number of hydrogen-bond acceptors (Lipinski definition) is 3. The maximum atomic E-state index is 13.6. The minimum absolute atomic E-state index is 0.126. The van der Waals surface area contributed by atoms with Gasteiger partial charge < -0.3 is 15.4 Å². The molecule has 136 valence electrons. The summed E-state index contributed by atoms with van der Waals surface area (Å²) in [7, 11) is 1.46. The predicted octanol–water partition coefficient (Wildman–Crippen LogP) is 3.84. The molecule has 0 saturated heterocycles. The third kappa shape index (κ3) is 3.94. The molecule has 0 bridgehead atoms. The molecular formula is C18H15ClF2N2O3. The predicted molar refractivity (Wildman–Crippen MR) is 93.2 cm³/mol. The van der Waals surface area contributed by atoms with Crippen LogP contribution in [0.2, 0.25) is 5.02 Å². The first-order valence-electron chi connectivity index (χ1n) is 7.79. The molecule has 1 fully saturated rings. The molecule has 8 heteroatoms. The highest BCUT2D eigenvalue weighted by molar-refractivity contribution is 6.31. The fourth-order valence-electron chi connectivity index (χ4n) is 2.59. The topological polar surface area (TPSA) is 67.4 Å². The van der Waals surface area contributed by atoms with E-state index in [0.29, 0.717) is 28.9 Å². The summed E-state index contributed by atoms with van der Waals surface area (Å²) in [6.07, 6.45) is 0.337. The van der Waals surface area contributed by atoms with Gasteiger partial charge in [0.15, 0.2) is 0 Å². The number of hydrogen-bond donors (Lipinski definition) is 2. The highest BCUT2D eigenvalue weighted by atomic mass is 35.5. The second-order valence-electron chi connectivity index (χ2n) is 5.90. The molecule has 1 aliphatic rings. The number of benzene rings is 2. The third-order valence-corrected chi connectivity index (χ3v) is 4.31. The number of anilines is 2. The summed E-state index contributed by atoms with van der Waals surface area (Å²) in [5.74, 6) is -3.13. The molecule has 0 aliphatic heterocycles. The van der Waals surface area contributed by atoms with Gasteiger partial charge >= 0.3 is 0 Å². The molecule has 2 aromatic rings. The summed E-state index contributed by atoms with van der Waals surface area (Å²) in [5.41, 5.74) is 0.277. The van der Waals surface area contributed by atoms with Crippen molar-refractivity contribution in [3.8, 4) is 5.75 Å². The summed E-state index contributed by atoms with van der Waals surface area (Å²) in [5, 5.41) is 5.48. The smallest absolute Gasteiger partial charge is 0.228 e. The number of carbonyl (C=O) groups excluding carboxylic acids is 2. The van der Waals surface area contributed by atoms with Gasteiger partial charge in [-0.25, -0.2) is 8.78 Å². The molecule has 2 N–H and O–H groups in total. The van der Waals surface area contributed by atoms with Gasteiger partial charge in [0, 0.05) is 11.1 Å². The van der Waals surface area contributed by atoms with Crippen LogP contribution in [0.5, 0.6) is 5.75 Å². The van der Waals surface area contributed by atoms with Gasteiger partial charge in [-0.15, -0.1) is 0 Å². The zero-order chi connectivity index (χ0) is 18.8. The summed E-state index contributed by atoms with van der Waals surface area (Å²) in [6.45, 7) is 0. The number of amides is 2. The van der Waals surface area contributed by atoms with Crippen LogP contribution in [0.3, 0.4) is 0 Å². The molecule has 26 heavy (non-hydrogen) atoms.